The van der Waals surface area contributed by atoms with Crippen LogP contribution in [0.15, 0.2) is 0 Å². The molecule has 2 rings (SSSR count). The van der Waals surface area contributed by atoms with Crippen LogP contribution in [0.3, 0.4) is 0 Å². The molecule has 2 heterocycles. The third kappa shape index (κ3) is 3.44. The normalized spacial score (nSPS) is 17.0. The van der Waals surface area contributed by atoms with Gasteiger partial charge >= 0.3 is 5.97 Å². The summed E-state index contributed by atoms with van der Waals surface area (Å²) in [6, 6.07) is 0. The first-order valence-corrected chi connectivity index (χ1v) is 8.36. The average Bonchev–Trinajstić information content (AvgIpc) is 2.92. The maximum Gasteiger partial charge on any atom is 0.349 e. The first-order chi connectivity index (χ1) is 10.0. The molecule has 1 saturated heterocycles. The van der Waals surface area contributed by atoms with Crippen molar-refractivity contribution in [2.75, 3.05) is 33.3 Å². The van der Waals surface area contributed by atoms with Gasteiger partial charge in [0.2, 0.25) is 0 Å². The second-order valence-electron chi connectivity index (χ2n) is 5.83. The number of thiazole rings is 1. The molecular weight excluding hydrogens is 286 g/mol. The molecule has 1 N–H and O–H groups in total. The molecule has 0 aromatic carbocycles. The molecule has 0 saturated carbocycles. The molecular formula is C15H25N3O2S. The third-order valence-electron chi connectivity index (χ3n) is 3.99. The number of aryl methyl sites for hydroxylation is 1. The van der Waals surface area contributed by atoms with Crippen LogP contribution in [0.25, 0.3) is 0 Å². The minimum absolute atomic E-state index is 0.151. The van der Waals surface area contributed by atoms with Crippen LogP contribution < -0.4 is 5.32 Å². The molecule has 0 spiro atoms. The van der Waals surface area contributed by atoms with E-state index in [1.165, 1.54) is 18.4 Å². The number of hydrogen-bond acceptors (Lipinski definition) is 6. The second-order valence-corrected chi connectivity index (χ2v) is 6.83. The van der Waals surface area contributed by atoms with Gasteiger partial charge in [0.1, 0.15) is 9.88 Å². The Hall–Kier alpha value is -0.980. The number of carbonyl (C=O) groups excluding carboxylic acids is 1. The number of ether oxygens (including phenoxy) is 1. The highest BCUT2D eigenvalue weighted by atomic mass is 32.1. The van der Waals surface area contributed by atoms with Gasteiger partial charge in [-0.2, -0.15) is 0 Å². The number of carbonyl (C=O) groups is 1. The van der Waals surface area contributed by atoms with E-state index in [0.717, 1.165) is 49.7 Å². The lowest BCUT2D eigenvalue weighted by Gasteiger charge is -2.39. The Bertz CT molecular complexity index is 493. The fraction of sp³-hybridized carbons (Fsp3) is 0.733. The lowest BCUT2D eigenvalue weighted by Crippen LogP contribution is -2.51. The molecule has 0 aliphatic carbocycles. The first kappa shape index (κ1) is 16.4. The standard InChI is InChI=1S/C15H25N3O2S/c1-5-6-11-12(13(19)20-4)21-14(17-11)15(2,3)18-9-7-16-8-10-18/h16H,5-10H2,1-4H3. The van der Waals surface area contributed by atoms with E-state index >= 15 is 0 Å². The molecule has 5 nitrogen and oxygen atoms in total. The predicted molar refractivity (Wildman–Crippen MR) is 84.9 cm³/mol. The molecule has 0 amide bonds. The summed E-state index contributed by atoms with van der Waals surface area (Å²) in [5.74, 6) is -0.265. The Morgan fingerprint density at radius 3 is 2.67 bits per heavy atom. The van der Waals surface area contributed by atoms with E-state index < -0.39 is 0 Å². The molecule has 118 valence electrons. The van der Waals surface area contributed by atoms with Crippen LogP contribution >= 0.6 is 11.3 Å². The van der Waals surface area contributed by atoms with E-state index in [1.807, 2.05) is 0 Å². The molecule has 0 atom stereocenters. The zero-order chi connectivity index (χ0) is 15.5. The third-order valence-corrected chi connectivity index (χ3v) is 5.38. The van der Waals surface area contributed by atoms with Crippen LogP contribution in [0.2, 0.25) is 0 Å². The van der Waals surface area contributed by atoms with E-state index in [9.17, 15) is 4.79 Å². The second kappa shape index (κ2) is 6.85. The summed E-state index contributed by atoms with van der Waals surface area (Å²) in [5, 5.41) is 4.38. The average molecular weight is 311 g/mol. The summed E-state index contributed by atoms with van der Waals surface area (Å²) in [6.07, 6.45) is 1.79. The van der Waals surface area contributed by atoms with Gasteiger partial charge in [0.25, 0.3) is 0 Å². The summed E-state index contributed by atoms with van der Waals surface area (Å²) in [4.78, 5) is 19.8. The highest BCUT2D eigenvalue weighted by Gasteiger charge is 2.34. The molecule has 1 aromatic heterocycles. The van der Waals surface area contributed by atoms with Gasteiger partial charge in [-0.1, -0.05) is 13.3 Å². The van der Waals surface area contributed by atoms with Crippen molar-refractivity contribution in [1.29, 1.82) is 0 Å². The number of aromatic nitrogens is 1. The topological polar surface area (TPSA) is 54.5 Å². The summed E-state index contributed by atoms with van der Waals surface area (Å²) >= 11 is 1.49. The van der Waals surface area contributed by atoms with Gasteiger partial charge in [-0.05, 0) is 20.3 Å². The van der Waals surface area contributed by atoms with Gasteiger partial charge in [-0.25, -0.2) is 9.78 Å². The Kier molecular flexibility index (Phi) is 5.35. The van der Waals surface area contributed by atoms with Gasteiger partial charge in [-0.3, -0.25) is 4.90 Å². The van der Waals surface area contributed by atoms with E-state index in [0.29, 0.717) is 4.88 Å². The number of nitrogens with zero attached hydrogens (tertiary/aromatic N) is 2. The van der Waals surface area contributed by atoms with Gasteiger partial charge < -0.3 is 10.1 Å². The molecule has 0 bridgehead atoms. The predicted octanol–water partition coefficient (Wildman–Crippen LogP) is 2.02. The number of hydrogen-bond donors (Lipinski definition) is 1. The minimum atomic E-state index is -0.265. The van der Waals surface area contributed by atoms with Crippen molar-refractivity contribution in [3.8, 4) is 0 Å². The van der Waals surface area contributed by atoms with Crippen molar-refractivity contribution in [3.63, 3.8) is 0 Å². The van der Waals surface area contributed by atoms with Gasteiger partial charge in [0.15, 0.2) is 0 Å². The minimum Gasteiger partial charge on any atom is -0.465 e. The molecule has 6 heteroatoms. The van der Waals surface area contributed by atoms with Crippen molar-refractivity contribution in [2.24, 2.45) is 0 Å². The summed E-state index contributed by atoms with van der Waals surface area (Å²) < 4.78 is 4.90. The molecule has 1 aliphatic heterocycles. The van der Waals surface area contributed by atoms with Gasteiger partial charge in [-0.15, -0.1) is 11.3 Å². The van der Waals surface area contributed by atoms with Crippen LogP contribution in [-0.4, -0.2) is 49.1 Å². The maximum absolute atomic E-state index is 12.0. The summed E-state index contributed by atoms with van der Waals surface area (Å²) in [5.41, 5.74) is 0.731. The van der Waals surface area contributed by atoms with E-state index in [4.69, 9.17) is 9.72 Å². The molecule has 1 aromatic rings. The van der Waals surface area contributed by atoms with Crippen LogP contribution in [0.1, 0.15) is 47.6 Å². The largest absolute Gasteiger partial charge is 0.465 e. The monoisotopic (exact) mass is 311 g/mol. The Balaban J connectivity index is 2.31. The quantitative estimate of drug-likeness (QED) is 0.843. The molecule has 1 aliphatic rings. The smallest absolute Gasteiger partial charge is 0.349 e. The molecule has 21 heavy (non-hydrogen) atoms. The lowest BCUT2D eigenvalue weighted by atomic mass is 10.0. The van der Waals surface area contributed by atoms with E-state index in [1.54, 1.807) is 0 Å². The van der Waals surface area contributed by atoms with E-state index in [2.05, 4.69) is 31.0 Å². The number of nitrogens with one attached hydrogen (secondary N) is 1. The molecule has 0 radical (unpaired) electrons. The lowest BCUT2D eigenvalue weighted by molar-refractivity contribution is 0.0605. The van der Waals surface area contributed by atoms with Crippen molar-refractivity contribution in [3.05, 3.63) is 15.6 Å². The van der Waals surface area contributed by atoms with Crippen molar-refractivity contribution >= 4 is 17.3 Å². The summed E-state index contributed by atoms with van der Waals surface area (Å²) in [7, 11) is 1.43. The van der Waals surface area contributed by atoms with Crippen molar-refractivity contribution in [2.45, 2.75) is 39.2 Å². The molecule has 0 unspecified atom stereocenters. The van der Waals surface area contributed by atoms with E-state index in [-0.39, 0.29) is 11.5 Å². The fourth-order valence-electron chi connectivity index (χ4n) is 2.63. The zero-order valence-corrected chi connectivity index (χ0v) is 14.2. The Labute approximate surface area is 130 Å². The maximum atomic E-state index is 12.0. The van der Waals surface area contributed by atoms with Crippen LogP contribution in [0.5, 0.6) is 0 Å². The number of esters is 1. The number of rotatable bonds is 5. The number of methoxy groups -OCH3 is 1. The summed E-state index contributed by atoms with van der Waals surface area (Å²) in [6.45, 7) is 10.5. The Morgan fingerprint density at radius 2 is 2.10 bits per heavy atom. The highest BCUT2D eigenvalue weighted by molar-refractivity contribution is 7.13. The van der Waals surface area contributed by atoms with Crippen LogP contribution in [0.4, 0.5) is 0 Å². The first-order valence-electron chi connectivity index (χ1n) is 7.55. The van der Waals surface area contributed by atoms with Crippen molar-refractivity contribution < 1.29 is 9.53 Å². The Morgan fingerprint density at radius 1 is 1.43 bits per heavy atom. The van der Waals surface area contributed by atoms with Crippen LogP contribution in [0, 0.1) is 0 Å². The van der Waals surface area contributed by atoms with Crippen LogP contribution in [-0.2, 0) is 16.7 Å². The van der Waals surface area contributed by atoms with Crippen molar-refractivity contribution in [1.82, 2.24) is 15.2 Å². The van der Waals surface area contributed by atoms with Gasteiger partial charge in [0.05, 0.1) is 18.3 Å². The highest BCUT2D eigenvalue weighted by Crippen LogP contribution is 2.33. The van der Waals surface area contributed by atoms with Gasteiger partial charge in [0, 0.05) is 26.2 Å². The SMILES string of the molecule is CCCc1nc(C(C)(C)N2CCNCC2)sc1C(=O)OC. The fourth-order valence-corrected chi connectivity index (χ4v) is 3.79. The zero-order valence-electron chi connectivity index (χ0n) is 13.4. The molecule has 1 fully saturated rings. The number of piperazine rings is 1.